The molecular weight excluding hydrogens is 262 g/mol. The van der Waals surface area contributed by atoms with E-state index in [0.29, 0.717) is 0 Å². The van der Waals surface area contributed by atoms with Crippen molar-refractivity contribution in [3.8, 4) is 0 Å². The van der Waals surface area contributed by atoms with Crippen LogP contribution in [0.2, 0.25) is 0 Å². The van der Waals surface area contributed by atoms with Gasteiger partial charge in [-0.25, -0.2) is 4.98 Å². The van der Waals surface area contributed by atoms with Crippen LogP contribution in [0.5, 0.6) is 0 Å². The molecule has 0 atom stereocenters. The van der Waals surface area contributed by atoms with Crippen LogP contribution in [-0.4, -0.2) is 27.7 Å². The lowest BCUT2D eigenvalue weighted by Crippen LogP contribution is -2.42. The van der Waals surface area contributed by atoms with Gasteiger partial charge in [0.1, 0.15) is 5.82 Å². The minimum atomic E-state index is 0.00572. The van der Waals surface area contributed by atoms with Crippen LogP contribution in [0.15, 0.2) is 30.5 Å². The number of nitrogens with zero attached hydrogens (tertiary/aromatic N) is 2. The van der Waals surface area contributed by atoms with Gasteiger partial charge < -0.3 is 15.0 Å². The van der Waals surface area contributed by atoms with Gasteiger partial charge in [-0.3, -0.25) is 0 Å². The van der Waals surface area contributed by atoms with E-state index in [1.54, 1.807) is 0 Å². The highest BCUT2D eigenvalue weighted by Crippen LogP contribution is 2.43. The van der Waals surface area contributed by atoms with Gasteiger partial charge in [-0.05, 0) is 43.5 Å². The van der Waals surface area contributed by atoms with Crippen molar-refractivity contribution in [3.05, 3.63) is 53.1 Å². The number of benzene rings is 1. The van der Waals surface area contributed by atoms with Crippen LogP contribution in [0.4, 0.5) is 0 Å². The molecule has 0 radical (unpaired) electrons. The molecule has 2 aliphatic heterocycles. The lowest BCUT2D eigenvalue weighted by atomic mass is 9.71. The average Bonchev–Trinajstić information content (AvgIpc) is 2.92. The number of aryl methyl sites for hydroxylation is 1. The number of hydrogen-bond acceptors (Lipinski definition) is 3. The zero-order valence-corrected chi connectivity index (χ0v) is 12.2. The summed E-state index contributed by atoms with van der Waals surface area (Å²) in [5.41, 5.74) is 3.83. The Balaban J connectivity index is 1.96. The molecule has 2 aliphatic rings. The van der Waals surface area contributed by atoms with Crippen molar-refractivity contribution in [3.63, 3.8) is 0 Å². The van der Waals surface area contributed by atoms with E-state index < -0.39 is 0 Å². The monoisotopic (exact) mass is 283 g/mol. The Labute approximate surface area is 124 Å². The lowest BCUT2D eigenvalue weighted by molar-refractivity contribution is 0.267. The molecule has 1 fully saturated rings. The fraction of sp³-hybridized carbons (Fsp3) is 0.471. The third kappa shape index (κ3) is 1.86. The number of nitrogens with one attached hydrogen (secondary N) is 1. The maximum atomic E-state index is 9.60. The fourth-order valence-electron chi connectivity index (χ4n) is 4.07. The molecule has 0 amide bonds. The SMILES string of the molecule is OCc1cnc2n1CCc1ccccc1C21CCNCC1. The number of aliphatic hydroxyl groups is 1. The van der Waals surface area contributed by atoms with Gasteiger partial charge in [0, 0.05) is 6.54 Å². The molecule has 0 bridgehead atoms. The lowest BCUT2D eigenvalue weighted by Gasteiger charge is -2.38. The summed E-state index contributed by atoms with van der Waals surface area (Å²) in [7, 11) is 0. The van der Waals surface area contributed by atoms with E-state index in [2.05, 4.69) is 34.1 Å². The van der Waals surface area contributed by atoms with E-state index in [1.807, 2.05) is 6.20 Å². The summed E-state index contributed by atoms with van der Waals surface area (Å²) in [5, 5.41) is 13.1. The molecule has 2 aromatic rings. The number of aliphatic hydroxyl groups excluding tert-OH is 1. The van der Waals surface area contributed by atoms with Gasteiger partial charge in [0.25, 0.3) is 0 Å². The Morgan fingerprint density at radius 2 is 2.05 bits per heavy atom. The highest BCUT2D eigenvalue weighted by atomic mass is 16.3. The smallest absolute Gasteiger partial charge is 0.119 e. The Kier molecular flexibility index (Phi) is 3.08. The maximum Gasteiger partial charge on any atom is 0.119 e. The Morgan fingerprint density at radius 1 is 1.24 bits per heavy atom. The number of piperidine rings is 1. The first-order valence-electron chi connectivity index (χ1n) is 7.80. The van der Waals surface area contributed by atoms with Crippen molar-refractivity contribution < 1.29 is 5.11 Å². The zero-order valence-electron chi connectivity index (χ0n) is 12.2. The molecule has 1 saturated heterocycles. The van der Waals surface area contributed by atoms with E-state index in [1.165, 1.54) is 11.1 Å². The summed E-state index contributed by atoms with van der Waals surface area (Å²) in [4.78, 5) is 4.74. The van der Waals surface area contributed by atoms with Gasteiger partial charge in [0.15, 0.2) is 0 Å². The van der Waals surface area contributed by atoms with Gasteiger partial charge in [0.05, 0.1) is 23.9 Å². The summed E-state index contributed by atoms with van der Waals surface area (Å²) < 4.78 is 2.26. The number of hydrogen-bond donors (Lipinski definition) is 2. The molecule has 0 saturated carbocycles. The second-order valence-corrected chi connectivity index (χ2v) is 6.12. The highest BCUT2D eigenvalue weighted by molar-refractivity contribution is 5.42. The van der Waals surface area contributed by atoms with Crippen LogP contribution < -0.4 is 5.32 Å². The minimum Gasteiger partial charge on any atom is -0.390 e. The quantitative estimate of drug-likeness (QED) is 0.836. The van der Waals surface area contributed by atoms with Gasteiger partial charge in [0.2, 0.25) is 0 Å². The van der Waals surface area contributed by atoms with E-state index in [4.69, 9.17) is 4.98 Å². The van der Waals surface area contributed by atoms with Crippen molar-refractivity contribution in [1.29, 1.82) is 0 Å². The topological polar surface area (TPSA) is 50.1 Å². The number of imidazole rings is 1. The molecule has 4 rings (SSSR count). The molecule has 1 aromatic carbocycles. The first-order valence-corrected chi connectivity index (χ1v) is 7.80. The number of fused-ring (bicyclic) bond motifs is 4. The summed E-state index contributed by atoms with van der Waals surface area (Å²) in [5.74, 6) is 1.15. The summed E-state index contributed by atoms with van der Waals surface area (Å²) in [6, 6.07) is 8.82. The van der Waals surface area contributed by atoms with Crippen LogP contribution in [0.3, 0.4) is 0 Å². The molecule has 110 valence electrons. The second-order valence-electron chi connectivity index (χ2n) is 6.12. The summed E-state index contributed by atoms with van der Waals surface area (Å²) >= 11 is 0. The van der Waals surface area contributed by atoms with Crippen LogP contribution in [0.1, 0.15) is 35.5 Å². The zero-order chi connectivity index (χ0) is 14.3. The van der Waals surface area contributed by atoms with Gasteiger partial charge in [-0.1, -0.05) is 24.3 Å². The predicted molar refractivity (Wildman–Crippen MR) is 81.2 cm³/mol. The first-order chi connectivity index (χ1) is 10.3. The van der Waals surface area contributed by atoms with Crippen LogP contribution in [-0.2, 0) is 25.0 Å². The number of rotatable bonds is 1. The molecular formula is C17H21N3O. The summed E-state index contributed by atoms with van der Waals surface area (Å²) in [6.45, 7) is 3.03. The Hall–Kier alpha value is -1.65. The van der Waals surface area contributed by atoms with Crippen molar-refractivity contribution >= 4 is 0 Å². The van der Waals surface area contributed by atoms with E-state index in [-0.39, 0.29) is 12.0 Å². The van der Waals surface area contributed by atoms with E-state index >= 15 is 0 Å². The molecule has 3 heterocycles. The third-order valence-corrected chi connectivity index (χ3v) is 5.12. The number of aromatic nitrogens is 2. The molecule has 4 nitrogen and oxygen atoms in total. The molecule has 2 N–H and O–H groups in total. The van der Waals surface area contributed by atoms with Crippen LogP contribution in [0.25, 0.3) is 0 Å². The molecule has 0 unspecified atom stereocenters. The van der Waals surface area contributed by atoms with Crippen LogP contribution in [0, 0.1) is 0 Å². The fourth-order valence-corrected chi connectivity index (χ4v) is 4.07. The minimum absolute atomic E-state index is 0.00572. The molecule has 1 spiro atoms. The third-order valence-electron chi connectivity index (χ3n) is 5.12. The molecule has 0 aliphatic carbocycles. The van der Waals surface area contributed by atoms with Crippen molar-refractivity contribution in [2.75, 3.05) is 13.1 Å². The molecule has 21 heavy (non-hydrogen) atoms. The van der Waals surface area contributed by atoms with E-state index in [9.17, 15) is 5.11 Å². The Morgan fingerprint density at radius 3 is 2.86 bits per heavy atom. The second kappa shape index (κ2) is 4.97. The standard InChI is InChI=1S/C17H21N3O/c21-12-14-11-19-16-17(6-8-18-9-7-17)15-4-2-1-3-13(15)5-10-20(14)16/h1-4,11,18,21H,5-10,12H2. The maximum absolute atomic E-state index is 9.60. The largest absolute Gasteiger partial charge is 0.390 e. The molecule has 1 aromatic heterocycles. The van der Waals surface area contributed by atoms with E-state index in [0.717, 1.165) is 50.4 Å². The highest BCUT2D eigenvalue weighted by Gasteiger charge is 2.42. The average molecular weight is 283 g/mol. The summed E-state index contributed by atoms with van der Waals surface area (Å²) in [6.07, 6.45) is 5.02. The predicted octanol–water partition coefficient (Wildman–Crippen LogP) is 1.60. The van der Waals surface area contributed by atoms with Crippen molar-refractivity contribution in [1.82, 2.24) is 14.9 Å². The normalized spacial score (nSPS) is 19.9. The van der Waals surface area contributed by atoms with Crippen LogP contribution >= 0.6 is 0 Å². The van der Waals surface area contributed by atoms with Gasteiger partial charge in [-0.2, -0.15) is 0 Å². The molecule has 4 heteroatoms. The van der Waals surface area contributed by atoms with Gasteiger partial charge >= 0.3 is 0 Å². The Bertz CT molecular complexity index is 656. The van der Waals surface area contributed by atoms with Gasteiger partial charge in [-0.15, -0.1) is 0 Å². The van der Waals surface area contributed by atoms with Crippen molar-refractivity contribution in [2.24, 2.45) is 0 Å². The van der Waals surface area contributed by atoms with Crippen molar-refractivity contribution in [2.45, 2.75) is 37.8 Å². The first kappa shape index (κ1) is 13.0.